The summed E-state index contributed by atoms with van der Waals surface area (Å²) in [4.78, 5) is 12.5. The Morgan fingerprint density at radius 1 is 1.08 bits per heavy atom. The molecule has 0 spiro atoms. The van der Waals surface area contributed by atoms with Crippen molar-refractivity contribution in [1.82, 2.24) is 0 Å². The SMILES string of the molecule is CCCCOc1ccc(NC(=O)[C@@H](CC)Oc2cccc(C)c2)cc1. The van der Waals surface area contributed by atoms with E-state index in [0.29, 0.717) is 18.8 Å². The van der Waals surface area contributed by atoms with Gasteiger partial charge in [0.2, 0.25) is 0 Å². The molecule has 0 saturated carbocycles. The number of carbonyl (C=O) groups is 1. The van der Waals surface area contributed by atoms with Crippen LogP contribution in [-0.2, 0) is 4.79 Å². The number of hydrogen-bond donors (Lipinski definition) is 1. The minimum absolute atomic E-state index is 0.149. The number of hydrogen-bond acceptors (Lipinski definition) is 3. The van der Waals surface area contributed by atoms with Crippen molar-refractivity contribution in [3.05, 3.63) is 54.1 Å². The smallest absolute Gasteiger partial charge is 0.265 e. The van der Waals surface area contributed by atoms with E-state index in [4.69, 9.17) is 9.47 Å². The first-order chi connectivity index (χ1) is 12.1. The number of amides is 1. The van der Waals surface area contributed by atoms with E-state index in [0.717, 1.165) is 29.8 Å². The summed E-state index contributed by atoms with van der Waals surface area (Å²) >= 11 is 0. The summed E-state index contributed by atoms with van der Waals surface area (Å²) < 4.78 is 11.5. The maximum Gasteiger partial charge on any atom is 0.265 e. The molecular formula is C21H27NO3. The van der Waals surface area contributed by atoms with Crippen LogP contribution in [-0.4, -0.2) is 18.6 Å². The van der Waals surface area contributed by atoms with Crippen LogP contribution in [0, 0.1) is 6.92 Å². The molecule has 2 rings (SSSR count). The lowest BCUT2D eigenvalue weighted by atomic mass is 10.2. The van der Waals surface area contributed by atoms with E-state index in [1.54, 1.807) is 0 Å². The average molecular weight is 341 g/mol. The molecule has 25 heavy (non-hydrogen) atoms. The second-order valence-electron chi connectivity index (χ2n) is 6.05. The van der Waals surface area contributed by atoms with Gasteiger partial charge in [0.05, 0.1) is 6.61 Å². The van der Waals surface area contributed by atoms with E-state index in [1.807, 2.05) is 62.4 Å². The van der Waals surface area contributed by atoms with Crippen LogP contribution in [0.25, 0.3) is 0 Å². The molecule has 0 radical (unpaired) electrons. The number of ether oxygens (including phenoxy) is 2. The molecule has 0 aliphatic heterocycles. The molecule has 2 aromatic rings. The zero-order valence-corrected chi connectivity index (χ0v) is 15.2. The van der Waals surface area contributed by atoms with Crippen molar-refractivity contribution < 1.29 is 14.3 Å². The maximum absolute atomic E-state index is 12.5. The van der Waals surface area contributed by atoms with Crippen LogP contribution in [0.15, 0.2) is 48.5 Å². The monoisotopic (exact) mass is 341 g/mol. The quantitative estimate of drug-likeness (QED) is 0.655. The summed E-state index contributed by atoms with van der Waals surface area (Å²) in [5, 5.41) is 2.90. The number of rotatable bonds is 9. The fourth-order valence-corrected chi connectivity index (χ4v) is 2.37. The first-order valence-electron chi connectivity index (χ1n) is 8.89. The van der Waals surface area contributed by atoms with Gasteiger partial charge < -0.3 is 14.8 Å². The minimum atomic E-state index is -0.526. The fraction of sp³-hybridized carbons (Fsp3) is 0.381. The third kappa shape index (κ3) is 6.14. The van der Waals surface area contributed by atoms with Crippen molar-refractivity contribution in [3.8, 4) is 11.5 Å². The molecule has 0 unspecified atom stereocenters. The molecule has 0 aromatic heterocycles. The summed E-state index contributed by atoms with van der Waals surface area (Å²) in [6.45, 7) is 6.78. The van der Waals surface area contributed by atoms with Gasteiger partial charge in [-0.3, -0.25) is 4.79 Å². The van der Waals surface area contributed by atoms with Gasteiger partial charge in [0.25, 0.3) is 5.91 Å². The first kappa shape index (κ1) is 18.8. The fourth-order valence-electron chi connectivity index (χ4n) is 2.37. The molecule has 0 fully saturated rings. The molecule has 1 amide bonds. The highest BCUT2D eigenvalue weighted by Gasteiger charge is 2.18. The molecule has 134 valence electrons. The first-order valence-corrected chi connectivity index (χ1v) is 8.89. The molecule has 1 N–H and O–H groups in total. The lowest BCUT2D eigenvalue weighted by Gasteiger charge is -2.17. The molecule has 2 aromatic carbocycles. The summed E-state index contributed by atoms with van der Waals surface area (Å²) in [5.41, 5.74) is 1.84. The predicted molar refractivity (Wildman–Crippen MR) is 101 cm³/mol. The van der Waals surface area contributed by atoms with Crippen LogP contribution in [0.2, 0.25) is 0 Å². The summed E-state index contributed by atoms with van der Waals surface area (Å²) in [5.74, 6) is 1.37. The van der Waals surface area contributed by atoms with Gasteiger partial charge in [-0.05, 0) is 61.7 Å². The molecule has 4 heteroatoms. The second-order valence-corrected chi connectivity index (χ2v) is 6.05. The van der Waals surface area contributed by atoms with Crippen LogP contribution >= 0.6 is 0 Å². The van der Waals surface area contributed by atoms with Gasteiger partial charge in [0.15, 0.2) is 6.10 Å². The van der Waals surface area contributed by atoms with Gasteiger partial charge in [0, 0.05) is 5.69 Å². The number of aryl methyl sites for hydroxylation is 1. The molecule has 4 nitrogen and oxygen atoms in total. The number of unbranched alkanes of at least 4 members (excludes halogenated alkanes) is 1. The molecule has 0 bridgehead atoms. The zero-order chi connectivity index (χ0) is 18.1. The van der Waals surface area contributed by atoms with Gasteiger partial charge in [-0.1, -0.05) is 32.4 Å². The van der Waals surface area contributed by atoms with Crippen molar-refractivity contribution in [2.24, 2.45) is 0 Å². The van der Waals surface area contributed by atoms with E-state index in [-0.39, 0.29) is 5.91 Å². The van der Waals surface area contributed by atoms with Crippen LogP contribution in [0.3, 0.4) is 0 Å². The number of benzene rings is 2. The van der Waals surface area contributed by atoms with Crippen LogP contribution in [0.4, 0.5) is 5.69 Å². The Hall–Kier alpha value is -2.49. The van der Waals surface area contributed by atoms with Gasteiger partial charge in [0.1, 0.15) is 11.5 Å². The number of anilines is 1. The Kier molecular flexibility index (Phi) is 7.33. The predicted octanol–water partition coefficient (Wildman–Crippen LogP) is 4.97. The van der Waals surface area contributed by atoms with E-state index in [2.05, 4.69) is 12.2 Å². The number of nitrogens with one attached hydrogen (secondary N) is 1. The summed E-state index contributed by atoms with van der Waals surface area (Å²) in [6.07, 6.45) is 2.21. The molecule has 0 aliphatic carbocycles. The maximum atomic E-state index is 12.5. The Bertz CT molecular complexity index is 667. The standard InChI is InChI=1S/C21H27NO3/c1-4-6-14-24-18-12-10-17(11-13-18)22-21(23)20(5-2)25-19-9-7-8-16(3)15-19/h7-13,15,20H,4-6,14H2,1-3H3,(H,22,23)/t20-/m1/s1. The van der Waals surface area contributed by atoms with Gasteiger partial charge in [-0.2, -0.15) is 0 Å². The van der Waals surface area contributed by atoms with Crippen molar-refractivity contribution in [2.45, 2.75) is 46.1 Å². The lowest BCUT2D eigenvalue weighted by molar-refractivity contribution is -0.122. The Balaban J connectivity index is 1.92. The highest BCUT2D eigenvalue weighted by atomic mass is 16.5. The lowest BCUT2D eigenvalue weighted by Crippen LogP contribution is -2.32. The third-order valence-electron chi connectivity index (χ3n) is 3.82. The van der Waals surface area contributed by atoms with Crippen molar-refractivity contribution in [2.75, 3.05) is 11.9 Å². The van der Waals surface area contributed by atoms with Crippen LogP contribution < -0.4 is 14.8 Å². The normalized spacial score (nSPS) is 11.6. The molecule has 1 atom stereocenters. The summed E-state index contributed by atoms with van der Waals surface area (Å²) in [6, 6.07) is 15.1. The molecule has 0 saturated heterocycles. The second kappa shape index (κ2) is 9.72. The van der Waals surface area contributed by atoms with Crippen LogP contribution in [0.1, 0.15) is 38.7 Å². The molecule has 0 aliphatic rings. The van der Waals surface area contributed by atoms with E-state index in [9.17, 15) is 4.79 Å². The number of carbonyl (C=O) groups excluding carboxylic acids is 1. The Labute approximate surface area is 150 Å². The highest BCUT2D eigenvalue weighted by molar-refractivity contribution is 5.94. The topological polar surface area (TPSA) is 47.6 Å². The molecular weight excluding hydrogens is 314 g/mol. The highest BCUT2D eigenvalue weighted by Crippen LogP contribution is 2.19. The van der Waals surface area contributed by atoms with Crippen molar-refractivity contribution in [3.63, 3.8) is 0 Å². The average Bonchev–Trinajstić information content (AvgIpc) is 2.61. The summed E-state index contributed by atoms with van der Waals surface area (Å²) in [7, 11) is 0. The Morgan fingerprint density at radius 2 is 1.84 bits per heavy atom. The van der Waals surface area contributed by atoms with Crippen LogP contribution in [0.5, 0.6) is 11.5 Å². The van der Waals surface area contributed by atoms with Gasteiger partial charge >= 0.3 is 0 Å². The van der Waals surface area contributed by atoms with E-state index < -0.39 is 6.10 Å². The van der Waals surface area contributed by atoms with E-state index >= 15 is 0 Å². The van der Waals surface area contributed by atoms with E-state index in [1.165, 1.54) is 0 Å². The zero-order valence-electron chi connectivity index (χ0n) is 15.2. The van der Waals surface area contributed by atoms with Crippen molar-refractivity contribution in [1.29, 1.82) is 0 Å². The largest absolute Gasteiger partial charge is 0.494 e. The van der Waals surface area contributed by atoms with Crippen molar-refractivity contribution >= 4 is 11.6 Å². The van der Waals surface area contributed by atoms with Gasteiger partial charge in [-0.15, -0.1) is 0 Å². The minimum Gasteiger partial charge on any atom is -0.494 e. The third-order valence-corrected chi connectivity index (χ3v) is 3.82. The Morgan fingerprint density at radius 3 is 2.48 bits per heavy atom. The molecule has 0 heterocycles. The van der Waals surface area contributed by atoms with Gasteiger partial charge in [-0.25, -0.2) is 0 Å².